The number of benzene rings is 1. The first-order chi connectivity index (χ1) is 15.4. The predicted molar refractivity (Wildman–Crippen MR) is 114 cm³/mol. The fourth-order valence-corrected chi connectivity index (χ4v) is 2.83. The number of esters is 1. The van der Waals surface area contributed by atoms with Crippen molar-refractivity contribution in [3.05, 3.63) is 59.8 Å². The number of aliphatic hydroxyl groups is 1. The van der Waals surface area contributed by atoms with Gasteiger partial charge in [-0.3, -0.25) is 4.79 Å². The van der Waals surface area contributed by atoms with Gasteiger partial charge in [0.1, 0.15) is 12.6 Å². The third-order valence-electron chi connectivity index (χ3n) is 4.40. The fourth-order valence-electron chi connectivity index (χ4n) is 2.83. The van der Waals surface area contributed by atoms with Crippen LogP contribution in [-0.4, -0.2) is 61.0 Å². The van der Waals surface area contributed by atoms with E-state index in [0.717, 1.165) is 5.56 Å². The average Bonchev–Trinajstić information content (AvgIpc) is 2.81. The Balaban J connectivity index is 1.81. The van der Waals surface area contributed by atoms with Gasteiger partial charge in [-0.05, 0) is 11.6 Å². The van der Waals surface area contributed by atoms with Crippen LogP contribution in [0.2, 0.25) is 0 Å². The maximum atomic E-state index is 12.3. The molecule has 3 N–H and O–H groups in total. The average molecular weight is 445 g/mol. The molecule has 10 heteroatoms. The molecular weight excluding hydrogens is 418 g/mol. The lowest BCUT2D eigenvalue weighted by Crippen LogP contribution is -2.45. The second-order valence-corrected chi connectivity index (χ2v) is 6.82. The van der Waals surface area contributed by atoms with Crippen LogP contribution in [0.1, 0.15) is 17.5 Å². The number of carbonyl (C=O) groups excluding carboxylic acids is 3. The zero-order valence-electron chi connectivity index (χ0n) is 17.9. The zero-order chi connectivity index (χ0) is 23.3. The molecule has 0 aliphatic rings. The molecule has 0 fully saturated rings. The van der Waals surface area contributed by atoms with Crippen molar-refractivity contribution in [2.45, 2.75) is 31.6 Å². The first kappa shape index (κ1) is 24.6. The minimum atomic E-state index is -1.18. The van der Waals surface area contributed by atoms with Crippen LogP contribution < -0.4 is 15.4 Å². The molecule has 2 atom stereocenters. The van der Waals surface area contributed by atoms with Crippen molar-refractivity contribution in [3.63, 3.8) is 0 Å². The standard InChI is InChI=1S/C22H27N3O7/c1-30-20-16(9-6-10-23-20)11-18(21(28)31-2)25-19(27)12-17(26)13-24-22(29)32-14-15-7-4-3-5-8-15/h3-10,17-18,26H,11-14H2,1-2H3,(H,24,29)(H,25,27)/t17-,18-/m0/s1. The predicted octanol–water partition coefficient (Wildman–Crippen LogP) is 0.968. The van der Waals surface area contributed by atoms with E-state index in [4.69, 9.17) is 14.2 Å². The first-order valence-electron chi connectivity index (χ1n) is 9.90. The van der Waals surface area contributed by atoms with Crippen LogP contribution >= 0.6 is 0 Å². The molecule has 172 valence electrons. The van der Waals surface area contributed by atoms with Crippen LogP contribution in [0.5, 0.6) is 5.88 Å². The van der Waals surface area contributed by atoms with Crippen LogP contribution in [0.15, 0.2) is 48.7 Å². The molecule has 1 heterocycles. The number of aromatic nitrogens is 1. The second-order valence-electron chi connectivity index (χ2n) is 6.82. The van der Waals surface area contributed by atoms with Crippen LogP contribution in [-0.2, 0) is 32.1 Å². The number of methoxy groups -OCH3 is 2. The second kappa shape index (κ2) is 12.9. The summed E-state index contributed by atoms with van der Waals surface area (Å²) < 4.78 is 15.0. The number of ether oxygens (including phenoxy) is 3. The van der Waals surface area contributed by atoms with Gasteiger partial charge in [0.05, 0.1) is 26.7 Å². The van der Waals surface area contributed by atoms with E-state index in [1.165, 1.54) is 14.2 Å². The molecule has 0 bridgehead atoms. The van der Waals surface area contributed by atoms with Gasteiger partial charge in [0.25, 0.3) is 0 Å². The van der Waals surface area contributed by atoms with Gasteiger partial charge in [0, 0.05) is 24.7 Å². The Kier molecular flexibility index (Phi) is 9.92. The highest BCUT2D eigenvalue weighted by Crippen LogP contribution is 2.16. The molecule has 1 aromatic carbocycles. The Bertz CT molecular complexity index is 892. The summed E-state index contributed by atoms with van der Waals surface area (Å²) in [5.41, 5.74) is 1.43. The third kappa shape index (κ3) is 8.23. The Morgan fingerprint density at radius 3 is 2.53 bits per heavy atom. The Hall–Kier alpha value is -3.66. The Morgan fingerprint density at radius 2 is 1.84 bits per heavy atom. The van der Waals surface area contributed by atoms with Crippen molar-refractivity contribution in [1.82, 2.24) is 15.6 Å². The molecule has 32 heavy (non-hydrogen) atoms. The Labute approximate surface area is 185 Å². The molecular formula is C22H27N3O7. The fraction of sp³-hybridized carbons (Fsp3) is 0.364. The summed E-state index contributed by atoms with van der Waals surface area (Å²) in [6.07, 6.45) is -0.593. The highest BCUT2D eigenvalue weighted by Gasteiger charge is 2.25. The smallest absolute Gasteiger partial charge is 0.407 e. The molecule has 0 saturated heterocycles. The SMILES string of the molecule is COC(=O)[C@H](Cc1cccnc1OC)NC(=O)C[C@H](O)CNC(=O)OCc1ccccc1. The number of rotatable bonds is 11. The maximum Gasteiger partial charge on any atom is 0.407 e. The number of nitrogens with zero attached hydrogens (tertiary/aromatic N) is 1. The normalized spacial score (nSPS) is 12.2. The molecule has 0 saturated carbocycles. The summed E-state index contributed by atoms with van der Waals surface area (Å²) in [6.45, 7) is -0.109. The van der Waals surface area contributed by atoms with E-state index in [0.29, 0.717) is 11.4 Å². The van der Waals surface area contributed by atoms with Gasteiger partial charge in [-0.1, -0.05) is 36.4 Å². The Morgan fingerprint density at radius 1 is 1.09 bits per heavy atom. The number of hydrogen-bond donors (Lipinski definition) is 3. The maximum absolute atomic E-state index is 12.3. The number of amides is 2. The molecule has 0 aliphatic carbocycles. The number of alkyl carbamates (subject to hydrolysis) is 1. The van der Waals surface area contributed by atoms with Crippen molar-refractivity contribution < 1.29 is 33.7 Å². The summed E-state index contributed by atoms with van der Waals surface area (Å²) in [5.74, 6) is -0.912. The van der Waals surface area contributed by atoms with Gasteiger partial charge < -0.3 is 30.0 Å². The number of nitrogens with one attached hydrogen (secondary N) is 2. The summed E-state index contributed by atoms with van der Waals surface area (Å²) >= 11 is 0. The molecule has 2 aromatic rings. The molecule has 0 spiro atoms. The van der Waals surface area contributed by atoms with Gasteiger partial charge in [0.15, 0.2) is 0 Å². The molecule has 10 nitrogen and oxygen atoms in total. The van der Waals surface area contributed by atoms with Crippen molar-refractivity contribution in [2.24, 2.45) is 0 Å². The summed E-state index contributed by atoms with van der Waals surface area (Å²) in [6, 6.07) is 11.5. The molecule has 0 unspecified atom stereocenters. The van der Waals surface area contributed by atoms with Crippen LogP contribution in [0, 0.1) is 0 Å². The number of aliphatic hydroxyl groups excluding tert-OH is 1. The quantitative estimate of drug-likeness (QED) is 0.435. The van der Waals surface area contributed by atoms with Crippen molar-refractivity contribution in [1.29, 1.82) is 0 Å². The summed E-state index contributed by atoms with van der Waals surface area (Å²) in [4.78, 5) is 40.2. The van der Waals surface area contributed by atoms with Crippen molar-refractivity contribution >= 4 is 18.0 Å². The van der Waals surface area contributed by atoms with Gasteiger partial charge in [0.2, 0.25) is 11.8 Å². The number of hydrogen-bond acceptors (Lipinski definition) is 8. The van der Waals surface area contributed by atoms with E-state index in [2.05, 4.69) is 15.6 Å². The highest BCUT2D eigenvalue weighted by atomic mass is 16.5. The van der Waals surface area contributed by atoms with Crippen LogP contribution in [0.25, 0.3) is 0 Å². The lowest BCUT2D eigenvalue weighted by atomic mass is 10.1. The van der Waals surface area contributed by atoms with Crippen molar-refractivity contribution in [3.8, 4) is 5.88 Å². The van der Waals surface area contributed by atoms with Crippen LogP contribution in [0.3, 0.4) is 0 Å². The number of carbonyl (C=O) groups is 3. The van der Waals surface area contributed by atoms with E-state index in [-0.39, 0.29) is 26.0 Å². The monoisotopic (exact) mass is 445 g/mol. The molecule has 2 amide bonds. The summed E-state index contributed by atoms with van der Waals surface area (Å²) in [5, 5.41) is 15.0. The van der Waals surface area contributed by atoms with Crippen LogP contribution in [0.4, 0.5) is 4.79 Å². The lowest BCUT2D eigenvalue weighted by molar-refractivity contribution is -0.145. The first-order valence-corrected chi connectivity index (χ1v) is 9.90. The van der Waals surface area contributed by atoms with E-state index < -0.39 is 30.1 Å². The molecule has 1 aromatic heterocycles. The van der Waals surface area contributed by atoms with Gasteiger partial charge in [-0.25, -0.2) is 14.6 Å². The molecule has 2 rings (SSSR count). The summed E-state index contributed by atoms with van der Waals surface area (Å²) in [7, 11) is 2.66. The molecule has 0 radical (unpaired) electrons. The van der Waals surface area contributed by atoms with Gasteiger partial charge in [-0.2, -0.15) is 0 Å². The minimum Gasteiger partial charge on any atom is -0.481 e. The highest BCUT2D eigenvalue weighted by molar-refractivity contribution is 5.85. The van der Waals surface area contributed by atoms with E-state index in [1.807, 2.05) is 30.3 Å². The molecule has 0 aliphatic heterocycles. The van der Waals surface area contributed by atoms with Gasteiger partial charge >= 0.3 is 12.1 Å². The zero-order valence-corrected chi connectivity index (χ0v) is 17.9. The van der Waals surface area contributed by atoms with Crippen molar-refractivity contribution in [2.75, 3.05) is 20.8 Å². The minimum absolute atomic E-state index is 0.0852. The van der Waals surface area contributed by atoms with E-state index >= 15 is 0 Å². The van der Waals surface area contributed by atoms with E-state index in [9.17, 15) is 19.5 Å². The topological polar surface area (TPSA) is 136 Å². The van der Waals surface area contributed by atoms with E-state index in [1.54, 1.807) is 18.3 Å². The third-order valence-corrected chi connectivity index (χ3v) is 4.40. The lowest BCUT2D eigenvalue weighted by Gasteiger charge is -2.19. The van der Waals surface area contributed by atoms with Gasteiger partial charge in [-0.15, -0.1) is 0 Å². The number of pyridine rings is 1. The largest absolute Gasteiger partial charge is 0.481 e.